The molecule has 1 fully saturated rings. The van der Waals surface area contributed by atoms with Crippen LogP contribution in [0.4, 0.5) is 0 Å². The molecule has 1 aliphatic heterocycles. The van der Waals surface area contributed by atoms with Gasteiger partial charge >= 0.3 is 0 Å². The lowest BCUT2D eigenvalue weighted by atomic mass is 10.1. The van der Waals surface area contributed by atoms with E-state index in [2.05, 4.69) is 26.1 Å². The lowest BCUT2D eigenvalue weighted by Crippen LogP contribution is -2.49. The summed E-state index contributed by atoms with van der Waals surface area (Å²) in [4.78, 5) is 0. The molecular weight excluding hydrogens is 222 g/mol. The quantitative estimate of drug-likeness (QED) is 0.774. The number of hydrogen-bond donors (Lipinski definition) is 1. The summed E-state index contributed by atoms with van der Waals surface area (Å²) in [6, 6.07) is 0.381. The highest BCUT2D eigenvalue weighted by molar-refractivity contribution is 7.85. The fraction of sp³-hybridized carbons (Fsp3) is 1.00. The largest absolute Gasteiger partial charge is 0.380 e. The molecule has 3 atom stereocenters. The van der Waals surface area contributed by atoms with Crippen LogP contribution in [0.5, 0.6) is 0 Å². The summed E-state index contributed by atoms with van der Waals surface area (Å²) < 4.78 is 17.6. The highest BCUT2D eigenvalue weighted by atomic mass is 32.2. The molecule has 3 unspecified atom stereocenters. The van der Waals surface area contributed by atoms with E-state index >= 15 is 0 Å². The fourth-order valence-corrected chi connectivity index (χ4v) is 3.82. The first-order chi connectivity index (χ1) is 7.65. The van der Waals surface area contributed by atoms with Gasteiger partial charge in [-0.15, -0.1) is 0 Å². The van der Waals surface area contributed by atoms with Crippen molar-refractivity contribution < 1.29 is 8.95 Å². The Morgan fingerprint density at radius 2 is 2.25 bits per heavy atom. The molecule has 1 heterocycles. The van der Waals surface area contributed by atoms with Crippen LogP contribution in [0.2, 0.25) is 0 Å². The topological polar surface area (TPSA) is 38.3 Å². The molecule has 1 aliphatic rings. The number of ether oxygens (including phenoxy) is 1. The van der Waals surface area contributed by atoms with E-state index in [1.807, 2.05) is 0 Å². The maximum absolute atomic E-state index is 12.2. The third-order valence-electron chi connectivity index (χ3n) is 3.00. The van der Waals surface area contributed by atoms with Crippen molar-refractivity contribution in [2.45, 2.75) is 44.9 Å². The number of nitrogens with one attached hydrogen (secondary N) is 1. The first-order valence-corrected chi connectivity index (χ1v) is 7.71. The van der Waals surface area contributed by atoms with Gasteiger partial charge in [0.05, 0.1) is 11.9 Å². The maximum Gasteiger partial charge on any atom is 0.0735 e. The van der Waals surface area contributed by atoms with E-state index in [4.69, 9.17) is 4.74 Å². The molecule has 16 heavy (non-hydrogen) atoms. The zero-order chi connectivity index (χ0) is 12.0. The Labute approximate surface area is 102 Å². The lowest BCUT2D eigenvalue weighted by Gasteiger charge is -2.31. The van der Waals surface area contributed by atoms with Gasteiger partial charge in [-0.2, -0.15) is 0 Å². The minimum atomic E-state index is -0.746. The van der Waals surface area contributed by atoms with Crippen LogP contribution < -0.4 is 5.32 Å². The standard InChI is InChI=1S/C12H25NO2S/c1-4-13-11-5-7-15-9-12(11)16(14)8-6-10(2)3/h10-13H,4-9H2,1-3H3. The molecule has 0 saturated carbocycles. The van der Waals surface area contributed by atoms with Gasteiger partial charge in [0, 0.05) is 29.2 Å². The van der Waals surface area contributed by atoms with Crippen molar-refractivity contribution in [1.82, 2.24) is 5.32 Å². The minimum Gasteiger partial charge on any atom is -0.380 e. The molecule has 0 aromatic heterocycles. The Morgan fingerprint density at radius 1 is 1.50 bits per heavy atom. The third-order valence-corrected chi connectivity index (χ3v) is 4.78. The first kappa shape index (κ1) is 14.1. The molecule has 4 heteroatoms. The number of rotatable bonds is 6. The van der Waals surface area contributed by atoms with Gasteiger partial charge in [0.1, 0.15) is 0 Å². The molecule has 1 rings (SSSR count). The summed E-state index contributed by atoms with van der Waals surface area (Å²) in [6.07, 6.45) is 2.04. The van der Waals surface area contributed by atoms with Crippen LogP contribution >= 0.6 is 0 Å². The van der Waals surface area contributed by atoms with E-state index in [0.717, 1.165) is 31.7 Å². The van der Waals surface area contributed by atoms with Crippen molar-refractivity contribution >= 4 is 10.8 Å². The molecule has 0 radical (unpaired) electrons. The Hall–Kier alpha value is 0.0700. The van der Waals surface area contributed by atoms with Gasteiger partial charge in [-0.1, -0.05) is 20.8 Å². The van der Waals surface area contributed by atoms with Crippen LogP contribution in [-0.4, -0.2) is 41.0 Å². The molecule has 0 aromatic carbocycles. The summed E-state index contributed by atoms with van der Waals surface area (Å²) in [7, 11) is -0.746. The van der Waals surface area contributed by atoms with Gasteiger partial charge in [0.15, 0.2) is 0 Å². The molecular formula is C12H25NO2S. The minimum absolute atomic E-state index is 0.187. The molecule has 0 spiro atoms. The third kappa shape index (κ3) is 4.52. The number of hydrogen-bond acceptors (Lipinski definition) is 3. The van der Waals surface area contributed by atoms with Crippen LogP contribution in [-0.2, 0) is 15.5 Å². The summed E-state index contributed by atoms with van der Waals surface area (Å²) in [5.74, 6) is 1.44. The van der Waals surface area contributed by atoms with Crippen LogP contribution in [0.25, 0.3) is 0 Å². The molecule has 96 valence electrons. The SMILES string of the molecule is CCNC1CCOCC1S(=O)CCC(C)C. The average Bonchev–Trinajstić information content (AvgIpc) is 2.27. The van der Waals surface area contributed by atoms with Gasteiger partial charge in [-0.05, 0) is 25.3 Å². The first-order valence-electron chi connectivity index (χ1n) is 6.33. The zero-order valence-corrected chi connectivity index (χ0v) is 11.5. The van der Waals surface area contributed by atoms with Crippen LogP contribution in [0, 0.1) is 5.92 Å². The summed E-state index contributed by atoms with van der Waals surface area (Å²) >= 11 is 0. The monoisotopic (exact) mass is 247 g/mol. The summed E-state index contributed by atoms with van der Waals surface area (Å²) in [5, 5.41) is 3.62. The van der Waals surface area contributed by atoms with Crippen molar-refractivity contribution in [3.05, 3.63) is 0 Å². The van der Waals surface area contributed by atoms with Gasteiger partial charge < -0.3 is 10.1 Å². The van der Waals surface area contributed by atoms with E-state index in [0.29, 0.717) is 18.6 Å². The Morgan fingerprint density at radius 3 is 2.88 bits per heavy atom. The van der Waals surface area contributed by atoms with Gasteiger partial charge in [0.25, 0.3) is 0 Å². The molecule has 3 nitrogen and oxygen atoms in total. The molecule has 1 saturated heterocycles. The second-order valence-corrected chi connectivity index (χ2v) is 6.61. The van der Waals surface area contributed by atoms with E-state index in [-0.39, 0.29) is 5.25 Å². The second-order valence-electron chi connectivity index (χ2n) is 4.83. The van der Waals surface area contributed by atoms with Crippen molar-refractivity contribution in [1.29, 1.82) is 0 Å². The molecule has 0 aliphatic carbocycles. The van der Waals surface area contributed by atoms with Crippen LogP contribution in [0.3, 0.4) is 0 Å². The van der Waals surface area contributed by atoms with Gasteiger partial charge in [-0.25, -0.2) is 0 Å². The lowest BCUT2D eigenvalue weighted by molar-refractivity contribution is 0.0824. The van der Waals surface area contributed by atoms with Crippen molar-refractivity contribution in [2.75, 3.05) is 25.5 Å². The highest BCUT2D eigenvalue weighted by Gasteiger charge is 2.29. The normalized spacial score (nSPS) is 28.2. The predicted molar refractivity (Wildman–Crippen MR) is 69.2 cm³/mol. The molecule has 0 bridgehead atoms. The maximum atomic E-state index is 12.2. The Kier molecular flexibility index (Phi) is 6.54. The van der Waals surface area contributed by atoms with Crippen molar-refractivity contribution in [2.24, 2.45) is 5.92 Å². The molecule has 0 aromatic rings. The van der Waals surface area contributed by atoms with Crippen LogP contribution in [0.15, 0.2) is 0 Å². The Balaban J connectivity index is 2.43. The molecule has 0 amide bonds. The summed E-state index contributed by atoms with van der Waals surface area (Å²) in [6.45, 7) is 8.86. The zero-order valence-electron chi connectivity index (χ0n) is 10.7. The Bertz CT molecular complexity index is 219. The van der Waals surface area contributed by atoms with Gasteiger partial charge in [-0.3, -0.25) is 4.21 Å². The average molecular weight is 247 g/mol. The van der Waals surface area contributed by atoms with Crippen molar-refractivity contribution in [3.63, 3.8) is 0 Å². The molecule has 1 N–H and O–H groups in total. The highest BCUT2D eigenvalue weighted by Crippen LogP contribution is 2.15. The van der Waals surface area contributed by atoms with Crippen molar-refractivity contribution in [3.8, 4) is 0 Å². The van der Waals surface area contributed by atoms with E-state index in [1.54, 1.807) is 0 Å². The fourth-order valence-electron chi connectivity index (χ4n) is 1.97. The smallest absolute Gasteiger partial charge is 0.0735 e. The predicted octanol–water partition coefficient (Wildman–Crippen LogP) is 1.55. The van der Waals surface area contributed by atoms with E-state index in [1.165, 1.54) is 0 Å². The van der Waals surface area contributed by atoms with E-state index in [9.17, 15) is 4.21 Å². The second kappa shape index (κ2) is 7.41. The summed E-state index contributed by atoms with van der Waals surface area (Å²) in [5.41, 5.74) is 0. The van der Waals surface area contributed by atoms with Crippen LogP contribution in [0.1, 0.15) is 33.6 Å². The van der Waals surface area contributed by atoms with Gasteiger partial charge in [0.2, 0.25) is 0 Å². The van der Waals surface area contributed by atoms with E-state index < -0.39 is 10.8 Å².